The van der Waals surface area contributed by atoms with Gasteiger partial charge in [-0.25, -0.2) is 0 Å². The molecule has 2 N–H and O–H groups in total. The van der Waals surface area contributed by atoms with Crippen molar-refractivity contribution in [2.75, 3.05) is 12.0 Å². The zero-order valence-electron chi connectivity index (χ0n) is 8.66. The minimum atomic E-state index is -0.695. The summed E-state index contributed by atoms with van der Waals surface area (Å²) in [7, 11) is 0. The molecule has 2 atom stereocenters. The first-order valence-electron chi connectivity index (χ1n) is 5.22. The number of nitrogens with one attached hydrogen (secondary N) is 1. The molecule has 0 aliphatic carbocycles. The van der Waals surface area contributed by atoms with Gasteiger partial charge in [-0.3, -0.25) is 4.79 Å². The number of carboxylic acids is 1. The summed E-state index contributed by atoms with van der Waals surface area (Å²) in [5.41, 5.74) is 0. The predicted molar refractivity (Wildman–Crippen MR) is 59.8 cm³/mol. The lowest BCUT2D eigenvalue weighted by Crippen LogP contribution is -2.46. The summed E-state index contributed by atoms with van der Waals surface area (Å²) >= 11 is 1.85. The molecule has 2 unspecified atom stereocenters. The van der Waals surface area contributed by atoms with E-state index < -0.39 is 5.97 Å². The van der Waals surface area contributed by atoms with Gasteiger partial charge in [-0.1, -0.05) is 0 Å². The number of hydrogen-bond acceptors (Lipinski definition) is 3. The third kappa shape index (κ3) is 3.88. The van der Waals surface area contributed by atoms with Gasteiger partial charge >= 0.3 is 5.97 Å². The van der Waals surface area contributed by atoms with Crippen LogP contribution in [0.25, 0.3) is 0 Å². The topological polar surface area (TPSA) is 49.3 Å². The van der Waals surface area contributed by atoms with E-state index in [1.165, 1.54) is 12.2 Å². The quantitative estimate of drug-likeness (QED) is 0.689. The Balaban J connectivity index is 2.22. The Morgan fingerprint density at radius 2 is 2.36 bits per heavy atom. The van der Waals surface area contributed by atoms with Crippen molar-refractivity contribution in [2.45, 2.75) is 44.2 Å². The first-order valence-corrected chi connectivity index (χ1v) is 6.61. The van der Waals surface area contributed by atoms with Crippen LogP contribution < -0.4 is 5.32 Å². The van der Waals surface area contributed by atoms with Crippen LogP contribution in [0, 0.1) is 0 Å². The predicted octanol–water partition coefficient (Wildman–Crippen LogP) is 1.72. The van der Waals surface area contributed by atoms with Crippen LogP contribution in [0.15, 0.2) is 0 Å². The van der Waals surface area contributed by atoms with E-state index in [0.717, 1.165) is 25.7 Å². The van der Waals surface area contributed by atoms with E-state index in [2.05, 4.69) is 11.6 Å². The minimum absolute atomic E-state index is 0.303. The van der Waals surface area contributed by atoms with Crippen LogP contribution in [0.2, 0.25) is 0 Å². The van der Waals surface area contributed by atoms with E-state index >= 15 is 0 Å². The molecule has 1 aliphatic heterocycles. The summed E-state index contributed by atoms with van der Waals surface area (Å²) in [4.78, 5) is 10.8. The number of rotatable bonds is 5. The molecule has 0 aromatic heterocycles. The van der Waals surface area contributed by atoms with Gasteiger partial charge in [0.25, 0.3) is 0 Å². The number of hydrogen-bond donors (Lipinski definition) is 2. The number of carbonyl (C=O) groups is 1. The Kier molecular flexibility index (Phi) is 5.33. The van der Waals surface area contributed by atoms with Crippen LogP contribution in [0.3, 0.4) is 0 Å². The molecule has 1 rings (SSSR count). The van der Waals surface area contributed by atoms with Gasteiger partial charge in [0.2, 0.25) is 0 Å². The highest BCUT2D eigenvalue weighted by atomic mass is 32.2. The third-order valence-electron chi connectivity index (χ3n) is 2.68. The Bertz CT molecular complexity index is 187. The Morgan fingerprint density at radius 1 is 1.57 bits per heavy atom. The molecule has 1 fully saturated rings. The van der Waals surface area contributed by atoms with Gasteiger partial charge in [0, 0.05) is 6.04 Å². The molecule has 14 heavy (non-hydrogen) atoms. The lowest BCUT2D eigenvalue weighted by Gasteiger charge is -2.28. The zero-order chi connectivity index (χ0) is 10.4. The number of piperidine rings is 1. The standard InChI is InChI=1S/C10H19NO2S/c1-14-7-3-5-8-4-2-6-9(11-8)10(12)13/h8-9,11H,2-7H2,1H3,(H,12,13). The van der Waals surface area contributed by atoms with E-state index in [0.29, 0.717) is 6.04 Å². The SMILES string of the molecule is CSCCCC1CCCC(C(=O)O)N1. The molecule has 0 aromatic rings. The number of thioether (sulfide) groups is 1. The lowest BCUT2D eigenvalue weighted by molar-refractivity contribution is -0.140. The van der Waals surface area contributed by atoms with E-state index in [9.17, 15) is 4.79 Å². The van der Waals surface area contributed by atoms with Crippen LogP contribution in [-0.2, 0) is 4.79 Å². The average Bonchev–Trinajstić information content (AvgIpc) is 2.19. The number of carboxylic acid groups (broad SMARTS) is 1. The van der Waals surface area contributed by atoms with Crippen LogP contribution in [-0.4, -0.2) is 35.2 Å². The smallest absolute Gasteiger partial charge is 0.320 e. The Labute approximate surface area is 89.6 Å². The summed E-state index contributed by atoms with van der Waals surface area (Å²) in [5, 5.41) is 12.1. The van der Waals surface area contributed by atoms with Crippen LogP contribution in [0.1, 0.15) is 32.1 Å². The third-order valence-corrected chi connectivity index (χ3v) is 3.38. The molecule has 0 spiro atoms. The fourth-order valence-corrected chi connectivity index (χ4v) is 2.37. The summed E-state index contributed by atoms with van der Waals surface area (Å²) in [6.07, 6.45) is 7.38. The molecule has 0 radical (unpaired) electrons. The first kappa shape index (κ1) is 11.9. The normalized spacial score (nSPS) is 27.5. The summed E-state index contributed by atoms with van der Waals surface area (Å²) in [5.74, 6) is 0.482. The highest BCUT2D eigenvalue weighted by Gasteiger charge is 2.25. The summed E-state index contributed by atoms with van der Waals surface area (Å²) in [6, 6.07) is 0.125. The highest BCUT2D eigenvalue weighted by Crippen LogP contribution is 2.17. The van der Waals surface area contributed by atoms with Crippen molar-refractivity contribution in [1.29, 1.82) is 0 Å². The van der Waals surface area contributed by atoms with Crippen molar-refractivity contribution in [1.82, 2.24) is 5.32 Å². The van der Waals surface area contributed by atoms with Crippen molar-refractivity contribution in [3.63, 3.8) is 0 Å². The maximum absolute atomic E-state index is 10.8. The van der Waals surface area contributed by atoms with Crippen molar-refractivity contribution in [3.05, 3.63) is 0 Å². The van der Waals surface area contributed by atoms with Crippen molar-refractivity contribution >= 4 is 17.7 Å². The monoisotopic (exact) mass is 217 g/mol. The fraction of sp³-hybridized carbons (Fsp3) is 0.900. The molecule has 1 saturated heterocycles. The average molecular weight is 217 g/mol. The molecular weight excluding hydrogens is 198 g/mol. The van der Waals surface area contributed by atoms with Gasteiger partial charge in [0.05, 0.1) is 0 Å². The van der Waals surface area contributed by atoms with Gasteiger partial charge < -0.3 is 10.4 Å². The Hall–Kier alpha value is -0.220. The van der Waals surface area contributed by atoms with Crippen LogP contribution >= 0.6 is 11.8 Å². The lowest BCUT2D eigenvalue weighted by atomic mass is 9.96. The second-order valence-electron chi connectivity index (χ2n) is 3.82. The molecule has 0 aromatic carbocycles. The molecule has 3 nitrogen and oxygen atoms in total. The van der Waals surface area contributed by atoms with E-state index in [1.807, 2.05) is 11.8 Å². The molecular formula is C10H19NO2S. The van der Waals surface area contributed by atoms with E-state index in [1.54, 1.807) is 0 Å². The van der Waals surface area contributed by atoms with Gasteiger partial charge in [0.1, 0.15) is 6.04 Å². The second kappa shape index (κ2) is 6.30. The maximum Gasteiger partial charge on any atom is 0.320 e. The molecule has 1 heterocycles. The maximum atomic E-state index is 10.8. The van der Waals surface area contributed by atoms with Gasteiger partial charge in [0.15, 0.2) is 0 Å². The molecule has 0 bridgehead atoms. The molecule has 1 aliphatic rings. The summed E-state index contributed by atoms with van der Waals surface area (Å²) < 4.78 is 0. The zero-order valence-corrected chi connectivity index (χ0v) is 9.48. The first-order chi connectivity index (χ1) is 6.74. The molecule has 0 saturated carbocycles. The van der Waals surface area contributed by atoms with Crippen molar-refractivity contribution in [3.8, 4) is 0 Å². The highest BCUT2D eigenvalue weighted by molar-refractivity contribution is 7.98. The Morgan fingerprint density at radius 3 is 3.00 bits per heavy atom. The molecule has 0 amide bonds. The van der Waals surface area contributed by atoms with E-state index in [-0.39, 0.29) is 6.04 Å². The number of aliphatic carboxylic acids is 1. The van der Waals surface area contributed by atoms with Crippen molar-refractivity contribution < 1.29 is 9.90 Å². The fourth-order valence-electron chi connectivity index (χ4n) is 1.92. The van der Waals surface area contributed by atoms with E-state index in [4.69, 9.17) is 5.11 Å². The minimum Gasteiger partial charge on any atom is -0.480 e. The van der Waals surface area contributed by atoms with Crippen LogP contribution in [0.4, 0.5) is 0 Å². The largest absolute Gasteiger partial charge is 0.480 e. The van der Waals surface area contributed by atoms with Gasteiger partial charge in [-0.15, -0.1) is 0 Å². The summed E-state index contributed by atoms with van der Waals surface area (Å²) in [6.45, 7) is 0. The van der Waals surface area contributed by atoms with Crippen LogP contribution in [0.5, 0.6) is 0 Å². The molecule has 82 valence electrons. The molecule has 4 heteroatoms. The second-order valence-corrected chi connectivity index (χ2v) is 4.81. The van der Waals surface area contributed by atoms with Gasteiger partial charge in [-0.05, 0) is 44.1 Å². The van der Waals surface area contributed by atoms with Crippen molar-refractivity contribution in [2.24, 2.45) is 0 Å². The van der Waals surface area contributed by atoms with Gasteiger partial charge in [-0.2, -0.15) is 11.8 Å².